The van der Waals surface area contributed by atoms with Crippen LogP contribution in [0.15, 0.2) is 48.6 Å². The lowest BCUT2D eigenvalue weighted by molar-refractivity contribution is -0.302. The van der Waals surface area contributed by atoms with Crippen LogP contribution in [0.3, 0.4) is 0 Å². The molecule has 0 bridgehead atoms. The fourth-order valence-corrected chi connectivity index (χ4v) is 10.7. The van der Waals surface area contributed by atoms with Gasteiger partial charge in [0.2, 0.25) is 5.91 Å². The van der Waals surface area contributed by atoms with E-state index in [0.717, 1.165) is 64.2 Å². The van der Waals surface area contributed by atoms with Crippen molar-refractivity contribution in [1.29, 1.82) is 0 Å². The highest BCUT2D eigenvalue weighted by Crippen LogP contribution is 2.23. The molecule has 1 aliphatic rings. The molecule has 0 aromatic heterocycles. The molecule has 11 nitrogen and oxygen atoms in total. The van der Waals surface area contributed by atoms with Gasteiger partial charge in [-0.15, -0.1) is 0 Å². The molecule has 1 saturated heterocycles. The Labute approximate surface area is 497 Å². The van der Waals surface area contributed by atoms with Gasteiger partial charge in [0.05, 0.1) is 32.0 Å². The highest BCUT2D eigenvalue weighted by Gasteiger charge is 2.44. The van der Waals surface area contributed by atoms with Crippen LogP contribution in [-0.2, 0) is 23.8 Å². The van der Waals surface area contributed by atoms with Crippen molar-refractivity contribution >= 4 is 11.9 Å². The Morgan fingerprint density at radius 3 is 1.28 bits per heavy atom. The monoisotopic (exact) mass is 1140 g/mol. The number of carbonyl (C=O) groups is 2. The second-order valence-corrected chi connectivity index (χ2v) is 23.9. The molecule has 0 saturated carbocycles. The van der Waals surface area contributed by atoms with E-state index in [1.165, 1.54) is 231 Å². The number of ether oxygens (including phenoxy) is 3. The molecule has 1 amide bonds. The molecular formula is C70H129NO10. The summed E-state index contributed by atoms with van der Waals surface area (Å²) in [5.41, 5.74) is 0. The van der Waals surface area contributed by atoms with Gasteiger partial charge >= 0.3 is 5.97 Å². The number of hydrogen-bond acceptors (Lipinski definition) is 10. The number of aliphatic hydroxyl groups is 5. The van der Waals surface area contributed by atoms with Crippen molar-refractivity contribution in [3.05, 3.63) is 48.6 Å². The summed E-state index contributed by atoms with van der Waals surface area (Å²) in [6.07, 6.45) is 66.8. The quantitative estimate of drug-likeness (QED) is 0.0195. The number of aliphatic hydroxyl groups excluding tert-OH is 5. The fraction of sp³-hybridized carbons (Fsp3) is 0.857. The SMILES string of the molecule is CCCCC/C=C\C/C=C\CCCCCCCCCCCC(=O)OCCCCCCCCCCCCCC/C=C\CCCCCCCCCCCC(=O)NC(COC1OC(CO)C(O)C(O)C1O)C(O)/C=C/CCCCCCCCC. The van der Waals surface area contributed by atoms with Crippen LogP contribution >= 0.6 is 0 Å². The fourth-order valence-electron chi connectivity index (χ4n) is 10.7. The van der Waals surface area contributed by atoms with E-state index < -0.39 is 49.5 Å². The third kappa shape index (κ3) is 48.5. The molecular weight excluding hydrogens is 1010 g/mol. The van der Waals surface area contributed by atoms with Crippen LogP contribution in [0.1, 0.15) is 322 Å². The minimum absolute atomic E-state index is 0.000996. The van der Waals surface area contributed by atoms with Gasteiger partial charge < -0.3 is 45.1 Å². The molecule has 1 fully saturated rings. The number of rotatable bonds is 60. The van der Waals surface area contributed by atoms with E-state index in [1.54, 1.807) is 6.08 Å². The number of hydrogen-bond donors (Lipinski definition) is 6. The Bertz CT molecular complexity index is 1480. The standard InChI is InChI=1S/C70H129NO10/c1-3-5-7-9-11-13-14-15-16-17-25-29-32-35-38-42-46-50-54-58-66(75)79-59-55-51-47-43-39-36-33-30-27-24-22-20-18-19-21-23-26-28-31-34-37-41-45-49-53-57-65(74)71-62(63(73)56-52-48-44-40-12-10-8-6-4-2)61-80-70-69(78)68(77)67(76)64(60-72)81-70/h11,13,15-16,19,21,52,56,62-64,67-70,72-73,76-78H,3-10,12,14,17-18,20,22-51,53-55,57-61H2,1-2H3,(H,71,74)/b13-11-,16-15-,21-19-,56-52+. The third-order valence-corrected chi connectivity index (χ3v) is 16.2. The van der Waals surface area contributed by atoms with Crippen LogP contribution in [0.5, 0.6) is 0 Å². The van der Waals surface area contributed by atoms with Crippen LogP contribution in [0.4, 0.5) is 0 Å². The number of unbranched alkanes of at least 4 members (excludes halogenated alkanes) is 40. The molecule has 1 aliphatic heterocycles. The maximum absolute atomic E-state index is 13.0. The zero-order chi connectivity index (χ0) is 58.7. The van der Waals surface area contributed by atoms with Gasteiger partial charge in [-0.1, -0.05) is 268 Å². The highest BCUT2D eigenvalue weighted by atomic mass is 16.7. The summed E-state index contributed by atoms with van der Waals surface area (Å²) in [5.74, 6) is -0.188. The molecule has 0 aliphatic carbocycles. The lowest BCUT2D eigenvalue weighted by Gasteiger charge is -2.40. The van der Waals surface area contributed by atoms with Gasteiger partial charge in [-0.25, -0.2) is 0 Å². The van der Waals surface area contributed by atoms with Crippen molar-refractivity contribution in [2.45, 2.75) is 365 Å². The van der Waals surface area contributed by atoms with Gasteiger partial charge in [0.1, 0.15) is 24.4 Å². The number of carbonyl (C=O) groups excluding carboxylic acids is 2. The zero-order valence-corrected chi connectivity index (χ0v) is 52.5. The van der Waals surface area contributed by atoms with Crippen molar-refractivity contribution in [1.82, 2.24) is 5.32 Å². The average molecular weight is 1140 g/mol. The summed E-state index contributed by atoms with van der Waals surface area (Å²) >= 11 is 0. The predicted molar refractivity (Wildman–Crippen MR) is 338 cm³/mol. The number of nitrogens with one attached hydrogen (secondary N) is 1. The lowest BCUT2D eigenvalue weighted by Crippen LogP contribution is -2.60. The molecule has 1 rings (SSSR count). The second kappa shape index (κ2) is 59.4. The summed E-state index contributed by atoms with van der Waals surface area (Å²) in [6, 6.07) is -0.811. The maximum Gasteiger partial charge on any atom is 0.305 e. The van der Waals surface area contributed by atoms with Gasteiger partial charge in [-0.05, 0) is 89.9 Å². The van der Waals surface area contributed by atoms with Crippen LogP contribution in [0, 0.1) is 0 Å². The largest absolute Gasteiger partial charge is 0.466 e. The van der Waals surface area contributed by atoms with E-state index in [1.807, 2.05) is 6.08 Å². The lowest BCUT2D eigenvalue weighted by atomic mass is 9.99. The van der Waals surface area contributed by atoms with E-state index in [2.05, 4.69) is 55.6 Å². The Morgan fingerprint density at radius 1 is 0.457 bits per heavy atom. The molecule has 0 spiro atoms. The number of amides is 1. The first kappa shape index (κ1) is 76.6. The summed E-state index contributed by atoms with van der Waals surface area (Å²) in [5, 5.41) is 54.3. The van der Waals surface area contributed by atoms with Crippen LogP contribution in [-0.4, -0.2) is 100 Å². The van der Waals surface area contributed by atoms with Crippen molar-refractivity contribution < 1.29 is 49.3 Å². The molecule has 11 heteroatoms. The molecule has 81 heavy (non-hydrogen) atoms. The van der Waals surface area contributed by atoms with Crippen LogP contribution < -0.4 is 5.32 Å². The first-order valence-corrected chi connectivity index (χ1v) is 34.4. The van der Waals surface area contributed by atoms with Gasteiger partial charge in [-0.2, -0.15) is 0 Å². The third-order valence-electron chi connectivity index (χ3n) is 16.2. The molecule has 0 aromatic carbocycles. The molecule has 6 N–H and O–H groups in total. The minimum Gasteiger partial charge on any atom is -0.466 e. The second-order valence-electron chi connectivity index (χ2n) is 23.9. The van der Waals surface area contributed by atoms with Crippen LogP contribution in [0.25, 0.3) is 0 Å². The normalized spacial score (nSPS) is 18.5. The molecule has 1 heterocycles. The number of allylic oxidation sites excluding steroid dienone is 7. The van der Waals surface area contributed by atoms with E-state index >= 15 is 0 Å². The first-order valence-electron chi connectivity index (χ1n) is 34.4. The average Bonchev–Trinajstić information content (AvgIpc) is 3.47. The van der Waals surface area contributed by atoms with Crippen LogP contribution in [0.2, 0.25) is 0 Å². The molecule has 7 atom stereocenters. The van der Waals surface area contributed by atoms with E-state index in [9.17, 15) is 35.1 Å². The van der Waals surface area contributed by atoms with Gasteiger partial charge in [0.15, 0.2) is 6.29 Å². The van der Waals surface area contributed by atoms with Gasteiger partial charge in [0, 0.05) is 12.8 Å². The van der Waals surface area contributed by atoms with Crippen molar-refractivity contribution in [2.75, 3.05) is 19.8 Å². The van der Waals surface area contributed by atoms with Gasteiger partial charge in [-0.3, -0.25) is 9.59 Å². The maximum atomic E-state index is 13.0. The predicted octanol–water partition coefficient (Wildman–Crippen LogP) is 17.2. The highest BCUT2D eigenvalue weighted by molar-refractivity contribution is 5.76. The minimum atomic E-state index is -1.57. The van der Waals surface area contributed by atoms with Crippen molar-refractivity contribution in [2.24, 2.45) is 0 Å². The Balaban J connectivity index is 1.93. The van der Waals surface area contributed by atoms with Crippen molar-refractivity contribution in [3.63, 3.8) is 0 Å². The Kier molecular flexibility index (Phi) is 56.2. The molecule has 0 radical (unpaired) electrons. The summed E-state index contributed by atoms with van der Waals surface area (Å²) in [4.78, 5) is 25.1. The Morgan fingerprint density at radius 2 is 0.827 bits per heavy atom. The molecule has 7 unspecified atom stereocenters. The summed E-state index contributed by atoms with van der Waals surface area (Å²) in [6.45, 7) is 4.30. The first-order chi connectivity index (χ1) is 39.7. The van der Waals surface area contributed by atoms with Crippen molar-refractivity contribution in [3.8, 4) is 0 Å². The Hall–Kier alpha value is -2.38. The van der Waals surface area contributed by atoms with E-state index in [0.29, 0.717) is 19.4 Å². The topological polar surface area (TPSA) is 175 Å². The summed E-state index contributed by atoms with van der Waals surface area (Å²) < 4.78 is 16.7. The van der Waals surface area contributed by atoms with E-state index in [-0.39, 0.29) is 18.5 Å². The van der Waals surface area contributed by atoms with Gasteiger partial charge in [0.25, 0.3) is 0 Å². The smallest absolute Gasteiger partial charge is 0.305 e. The zero-order valence-electron chi connectivity index (χ0n) is 52.5. The number of esters is 1. The molecule has 0 aromatic rings. The molecule has 474 valence electrons. The van der Waals surface area contributed by atoms with E-state index in [4.69, 9.17) is 14.2 Å². The summed E-state index contributed by atoms with van der Waals surface area (Å²) in [7, 11) is 0.